The van der Waals surface area contributed by atoms with E-state index in [1.165, 1.54) is 0 Å². The van der Waals surface area contributed by atoms with Gasteiger partial charge in [0, 0.05) is 85.9 Å². The fraction of sp³-hybridized carbons (Fsp3) is 0.491. The molecule has 4 aliphatic heterocycles. The second-order valence-electron chi connectivity index (χ2n) is 20.4. The van der Waals surface area contributed by atoms with Crippen LogP contribution in [0.15, 0.2) is 53.3 Å². The molecule has 382 valence electrons. The van der Waals surface area contributed by atoms with Crippen molar-refractivity contribution in [3.63, 3.8) is 0 Å². The number of phenols is 1. The van der Waals surface area contributed by atoms with Crippen LogP contribution in [0.2, 0.25) is 5.02 Å². The molecule has 3 fully saturated rings. The fourth-order valence-corrected chi connectivity index (χ4v) is 11.6. The highest BCUT2D eigenvalue weighted by Crippen LogP contribution is 2.40. The molecule has 1 saturated carbocycles. The monoisotopic (exact) mass is 1010 g/mol. The minimum Gasteiger partial charge on any atom is -0.508 e. The van der Waals surface area contributed by atoms with Crippen molar-refractivity contribution in [2.75, 3.05) is 44.2 Å². The first-order valence-corrected chi connectivity index (χ1v) is 26.3. The molecule has 0 bridgehead atoms. The average molecular weight is 1010 g/mol. The molecule has 1 aliphatic carbocycles. The third-order valence-corrected chi connectivity index (χ3v) is 16.5. The molecular formula is C55H62ClN9O8. The number of hydrogen-bond donors (Lipinski definition) is 3. The van der Waals surface area contributed by atoms with Crippen LogP contribution in [0.25, 0.3) is 22.3 Å². The molecule has 18 heteroatoms. The lowest BCUT2D eigenvalue weighted by molar-refractivity contribution is -0.172. The molecule has 2 amide bonds. The van der Waals surface area contributed by atoms with Crippen LogP contribution in [0, 0.1) is 24.2 Å². The van der Waals surface area contributed by atoms with E-state index >= 15 is 0 Å². The maximum atomic E-state index is 13.7. The first kappa shape index (κ1) is 49.9. The smallest absolute Gasteiger partial charge is 0.343 e. The molecule has 3 N–H and O–H groups in total. The zero-order valence-electron chi connectivity index (χ0n) is 41.5. The Bertz CT molecular complexity index is 3040. The number of unbranched alkanes of at least 4 members (excludes halogenated alkanes) is 2. The van der Waals surface area contributed by atoms with Gasteiger partial charge in [0.1, 0.15) is 24.2 Å². The summed E-state index contributed by atoms with van der Waals surface area (Å²) in [6.07, 6.45) is 10.00. The number of nitriles is 1. The summed E-state index contributed by atoms with van der Waals surface area (Å²) in [6.45, 7) is 8.46. The van der Waals surface area contributed by atoms with Gasteiger partial charge in [0.05, 0.1) is 45.7 Å². The van der Waals surface area contributed by atoms with Crippen LogP contribution in [-0.2, 0) is 39.6 Å². The lowest BCUT2D eigenvalue weighted by Crippen LogP contribution is -2.48. The fourth-order valence-electron chi connectivity index (χ4n) is 11.4. The molecule has 0 unspecified atom stereocenters. The summed E-state index contributed by atoms with van der Waals surface area (Å²) in [5, 5.41) is 44.7. The van der Waals surface area contributed by atoms with E-state index in [-0.39, 0.29) is 66.0 Å². The number of aliphatic hydroxyl groups is 1. The third kappa shape index (κ3) is 10.1. The number of nitrogens with zero attached hydrogens (tertiary/aromatic N) is 8. The molecule has 5 aromatic rings. The molecule has 2 aromatic carbocycles. The number of aromatic hydroxyl groups is 1. The van der Waals surface area contributed by atoms with Crippen molar-refractivity contribution in [3.05, 3.63) is 103 Å². The van der Waals surface area contributed by atoms with E-state index in [4.69, 9.17) is 26.1 Å². The number of cyclic esters (lactones) is 1. The Kier molecular flexibility index (Phi) is 14.4. The zero-order valence-corrected chi connectivity index (χ0v) is 42.3. The highest BCUT2D eigenvalue weighted by Gasteiger charge is 2.45. The standard InChI is InChI=1S/C55H62ClN9O8/c1-3-55(71)42-28-45-51-36(30-65(45)53(69)41(42)32-72-54(55)70)27-39-40(46(66)16-14-43(39)59-51)31-62-23-25-64(26-24-62)49(67)8-6-4-5-7-34-19-21-63(22-20-34)48-18-15-44(60-61-48)52(68)58-37-10-12-38(13-11-37)73-47-17-9-35(29-57)50(56)33(47)2/h9,14-18,27-28,34,37-38,66,71H,3-8,10-13,19-26,30-32H2,1-2H3,(H,58,68)/t37-,38-,55-/m0/s1. The van der Waals surface area contributed by atoms with Crippen molar-refractivity contribution >= 4 is 46.1 Å². The Morgan fingerprint density at radius 3 is 2.47 bits per heavy atom. The lowest BCUT2D eigenvalue weighted by Gasteiger charge is -2.35. The summed E-state index contributed by atoms with van der Waals surface area (Å²) >= 11 is 6.33. The van der Waals surface area contributed by atoms with Gasteiger partial charge >= 0.3 is 5.97 Å². The Hall–Kier alpha value is -6.61. The van der Waals surface area contributed by atoms with Gasteiger partial charge in [-0.3, -0.25) is 19.3 Å². The molecule has 10 rings (SSSR count). The third-order valence-electron chi connectivity index (χ3n) is 16.0. The van der Waals surface area contributed by atoms with Crippen LogP contribution in [0.5, 0.6) is 11.5 Å². The number of halogens is 1. The average Bonchev–Trinajstić information content (AvgIpc) is 3.77. The number of pyridine rings is 2. The molecule has 17 nitrogen and oxygen atoms in total. The topological polar surface area (TPSA) is 216 Å². The Balaban J connectivity index is 0.624. The Morgan fingerprint density at radius 1 is 0.959 bits per heavy atom. The number of ether oxygens (including phenoxy) is 2. The van der Waals surface area contributed by atoms with Crippen molar-refractivity contribution in [1.82, 2.24) is 34.9 Å². The molecule has 5 aliphatic rings. The zero-order chi connectivity index (χ0) is 51.0. The maximum Gasteiger partial charge on any atom is 0.343 e. The summed E-state index contributed by atoms with van der Waals surface area (Å²) in [7, 11) is 0. The molecule has 1 atom stereocenters. The van der Waals surface area contributed by atoms with Gasteiger partial charge in [-0.1, -0.05) is 37.8 Å². The molecule has 0 spiro atoms. The number of piperidine rings is 1. The minimum atomic E-state index is -1.90. The van der Waals surface area contributed by atoms with Crippen LogP contribution in [0.3, 0.4) is 0 Å². The number of amides is 2. The predicted molar refractivity (Wildman–Crippen MR) is 273 cm³/mol. The van der Waals surface area contributed by atoms with Crippen LogP contribution in [-0.4, -0.2) is 109 Å². The van der Waals surface area contributed by atoms with Crippen LogP contribution in [0.1, 0.15) is 128 Å². The number of anilines is 1. The quantitative estimate of drug-likeness (QED) is 0.0737. The molecular weight excluding hydrogens is 950 g/mol. The van der Waals surface area contributed by atoms with Gasteiger partial charge in [0.25, 0.3) is 11.5 Å². The highest BCUT2D eigenvalue weighted by molar-refractivity contribution is 6.32. The lowest BCUT2D eigenvalue weighted by atomic mass is 9.86. The summed E-state index contributed by atoms with van der Waals surface area (Å²) < 4.78 is 13.0. The number of rotatable bonds is 14. The van der Waals surface area contributed by atoms with Crippen molar-refractivity contribution in [2.24, 2.45) is 5.92 Å². The van der Waals surface area contributed by atoms with E-state index in [0.717, 1.165) is 105 Å². The molecule has 2 saturated heterocycles. The van der Waals surface area contributed by atoms with Gasteiger partial charge in [0.2, 0.25) is 5.91 Å². The summed E-state index contributed by atoms with van der Waals surface area (Å²) in [4.78, 5) is 64.0. The number of benzene rings is 2. The minimum absolute atomic E-state index is 0.0123. The predicted octanol–water partition coefficient (Wildman–Crippen LogP) is 7.04. The molecule has 0 radical (unpaired) electrons. The van der Waals surface area contributed by atoms with Crippen LogP contribution >= 0.6 is 11.6 Å². The molecule has 7 heterocycles. The van der Waals surface area contributed by atoms with E-state index in [2.05, 4.69) is 31.4 Å². The van der Waals surface area contributed by atoms with E-state index in [0.29, 0.717) is 84.0 Å². The van der Waals surface area contributed by atoms with Crippen molar-refractivity contribution < 1.29 is 34.1 Å². The first-order chi connectivity index (χ1) is 35.3. The van der Waals surface area contributed by atoms with Gasteiger partial charge in [-0.2, -0.15) is 5.26 Å². The normalized spacial score (nSPS) is 21.0. The number of phenolic OH excluding ortho intramolecular Hbond substituents is 1. The summed E-state index contributed by atoms with van der Waals surface area (Å²) in [6, 6.07) is 16.3. The van der Waals surface area contributed by atoms with Gasteiger partial charge < -0.3 is 39.4 Å². The number of hydrogen-bond acceptors (Lipinski definition) is 14. The number of carbonyl (C=O) groups excluding carboxylic acids is 3. The molecule has 3 aromatic heterocycles. The number of nitrogens with one attached hydrogen (secondary N) is 1. The van der Waals surface area contributed by atoms with Crippen molar-refractivity contribution in [2.45, 2.75) is 128 Å². The van der Waals surface area contributed by atoms with Crippen molar-refractivity contribution in [3.8, 4) is 29.0 Å². The first-order valence-electron chi connectivity index (χ1n) is 25.9. The SMILES string of the molecule is CC[C@@]1(O)C(=O)OCc2c1cc1n(c2=O)Cc2cc3c(CN4CCN(C(=O)CCCCCC5CCN(c6ccc(C(=O)N[C@H]7CC[C@H](Oc8ccc(C#N)c(Cl)c8C)CC7)nn6)CC5)CC4)c(O)ccc3nc2-1. The van der Waals surface area contributed by atoms with Gasteiger partial charge in [0.15, 0.2) is 17.1 Å². The largest absolute Gasteiger partial charge is 0.508 e. The van der Waals surface area contributed by atoms with Crippen LogP contribution in [0.4, 0.5) is 5.82 Å². The Morgan fingerprint density at radius 2 is 1.74 bits per heavy atom. The van der Waals surface area contributed by atoms with Gasteiger partial charge in [-0.25, -0.2) is 9.78 Å². The van der Waals surface area contributed by atoms with E-state index in [1.54, 1.807) is 47.9 Å². The second-order valence-corrected chi connectivity index (χ2v) is 20.8. The van der Waals surface area contributed by atoms with Gasteiger partial charge in [-0.05, 0) is 113 Å². The van der Waals surface area contributed by atoms with Crippen LogP contribution < -0.4 is 20.5 Å². The molecule has 73 heavy (non-hydrogen) atoms. The summed E-state index contributed by atoms with van der Waals surface area (Å²) in [5.41, 5.74) is 3.19. The second kappa shape index (κ2) is 21.1. The highest BCUT2D eigenvalue weighted by atomic mass is 35.5. The summed E-state index contributed by atoms with van der Waals surface area (Å²) in [5.74, 6) is 1.46. The van der Waals surface area contributed by atoms with Crippen molar-refractivity contribution in [1.29, 1.82) is 5.26 Å². The Labute approximate surface area is 429 Å². The number of esters is 1. The number of carbonyl (C=O) groups is 3. The number of aromatic nitrogens is 4. The number of fused-ring (bicyclic) bond motifs is 5. The van der Waals surface area contributed by atoms with E-state index < -0.39 is 11.6 Å². The maximum absolute atomic E-state index is 13.7. The van der Waals surface area contributed by atoms with E-state index in [1.807, 2.05) is 24.0 Å². The van der Waals surface area contributed by atoms with Gasteiger partial charge in [-0.15, -0.1) is 10.2 Å². The number of piperazine rings is 1. The van der Waals surface area contributed by atoms with E-state index in [9.17, 15) is 34.7 Å².